The summed E-state index contributed by atoms with van der Waals surface area (Å²) in [6.45, 7) is 0.928. The van der Waals surface area contributed by atoms with E-state index in [9.17, 15) is 14.4 Å². The Morgan fingerprint density at radius 2 is 1.66 bits per heavy atom. The number of ether oxygens (including phenoxy) is 1. The van der Waals surface area contributed by atoms with Gasteiger partial charge in [0, 0.05) is 41.3 Å². The lowest BCUT2D eigenvalue weighted by Crippen LogP contribution is -2.50. The molecule has 1 atom stereocenters. The van der Waals surface area contributed by atoms with Crippen molar-refractivity contribution >= 4 is 34.6 Å². The normalized spacial score (nSPS) is 14.6. The SMILES string of the molecule is O=C(NC1CCN(C(=O)Oc2ccccc2)CC1)NC(c1ccccc1)c1c[nH]c2cc(Cl)ccc2c1=O. The molecule has 3 amide bonds. The van der Waals surface area contributed by atoms with Crippen molar-refractivity contribution in [2.75, 3.05) is 13.1 Å². The third kappa shape index (κ3) is 5.81. The number of benzene rings is 3. The Kier molecular flexibility index (Phi) is 7.60. The molecule has 38 heavy (non-hydrogen) atoms. The van der Waals surface area contributed by atoms with Gasteiger partial charge in [0.1, 0.15) is 5.75 Å². The number of aromatic amines is 1. The minimum Gasteiger partial charge on any atom is -0.410 e. The zero-order valence-electron chi connectivity index (χ0n) is 20.5. The van der Waals surface area contributed by atoms with Crippen molar-refractivity contribution in [1.29, 1.82) is 0 Å². The van der Waals surface area contributed by atoms with E-state index in [2.05, 4.69) is 15.6 Å². The van der Waals surface area contributed by atoms with Crippen molar-refractivity contribution in [3.8, 4) is 5.75 Å². The molecule has 0 aliphatic carbocycles. The molecule has 1 saturated heterocycles. The lowest BCUT2D eigenvalue weighted by atomic mass is 9.98. The number of H-pyrrole nitrogens is 1. The summed E-state index contributed by atoms with van der Waals surface area (Å²) >= 11 is 6.08. The molecule has 0 saturated carbocycles. The Labute approximate surface area is 224 Å². The van der Waals surface area contributed by atoms with Gasteiger partial charge in [0.15, 0.2) is 5.43 Å². The Balaban J connectivity index is 1.26. The smallest absolute Gasteiger partial charge is 0.410 e. The van der Waals surface area contributed by atoms with Crippen LogP contribution in [0.3, 0.4) is 0 Å². The van der Waals surface area contributed by atoms with Crippen LogP contribution in [-0.4, -0.2) is 41.1 Å². The molecule has 1 unspecified atom stereocenters. The molecule has 4 aromatic rings. The summed E-state index contributed by atoms with van der Waals surface area (Å²) in [6.07, 6.45) is 2.39. The molecule has 8 nitrogen and oxygen atoms in total. The van der Waals surface area contributed by atoms with Gasteiger partial charge < -0.3 is 25.3 Å². The Morgan fingerprint density at radius 3 is 2.37 bits per heavy atom. The number of carbonyl (C=O) groups excluding carboxylic acids is 2. The first-order valence-corrected chi connectivity index (χ1v) is 12.8. The predicted octanol–water partition coefficient (Wildman–Crippen LogP) is 5.23. The fourth-order valence-electron chi connectivity index (χ4n) is 4.63. The summed E-state index contributed by atoms with van der Waals surface area (Å²) in [4.78, 5) is 43.7. The lowest BCUT2D eigenvalue weighted by molar-refractivity contribution is 0.136. The third-order valence-electron chi connectivity index (χ3n) is 6.63. The number of pyridine rings is 1. The predicted molar refractivity (Wildman–Crippen MR) is 147 cm³/mol. The van der Waals surface area contributed by atoms with Crippen molar-refractivity contribution < 1.29 is 14.3 Å². The monoisotopic (exact) mass is 530 g/mol. The highest BCUT2D eigenvalue weighted by atomic mass is 35.5. The van der Waals surface area contributed by atoms with Gasteiger partial charge in [-0.25, -0.2) is 9.59 Å². The summed E-state index contributed by atoms with van der Waals surface area (Å²) in [5.41, 5.74) is 1.63. The maximum Gasteiger partial charge on any atom is 0.415 e. The van der Waals surface area contributed by atoms with Gasteiger partial charge in [-0.3, -0.25) is 4.79 Å². The van der Waals surface area contributed by atoms with Crippen LogP contribution >= 0.6 is 11.6 Å². The van der Waals surface area contributed by atoms with Gasteiger partial charge in [-0.1, -0.05) is 60.1 Å². The number of amides is 3. The first-order valence-electron chi connectivity index (χ1n) is 12.4. The first-order chi connectivity index (χ1) is 18.5. The summed E-state index contributed by atoms with van der Waals surface area (Å²) in [5, 5.41) is 7.00. The van der Waals surface area contributed by atoms with Gasteiger partial charge >= 0.3 is 12.1 Å². The summed E-state index contributed by atoms with van der Waals surface area (Å²) in [5.74, 6) is 0.496. The molecular weight excluding hydrogens is 504 g/mol. The average molecular weight is 531 g/mol. The molecule has 194 valence electrons. The molecule has 1 aliphatic heterocycles. The van der Waals surface area contributed by atoms with Crippen LogP contribution in [0.4, 0.5) is 9.59 Å². The van der Waals surface area contributed by atoms with Crippen LogP contribution in [0.15, 0.2) is 89.9 Å². The number of urea groups is 1. The molecule has 1 fully saturated rings. The van der Waals surface area contributed by atoms with E-state index in [1.165, 1.54) is 0 Å². The second kappa shape index (κ2) is 11.4. The van der Waals surface area contributed by atoms with E-state index in [1.54, 1.807) is 53.6 Å². The van der Waals surface area contributed by atoms with Crippen LogP contribution in [0.1, 0.15) is 30.0 Å². The number of aromatic nitrogens is 1. The van der Waals surface area contributed by atoms with Crippen molar-refractivity contribution in [3.05, 3.63) is 111 Å². The number of hydrogen-bond acceptors (Lipinski definition) is 4. The largest absolute Gasteiger partial charge is 0.415 e. The van der Waals surface area contributed by atoms with Crippen molar-refractivity contribution in [3.63, 3.8) is 0 Å². The van der Waals surface area contributed by atoms with Crippen LogP contribution in [0.2, 0.25) is 5.02 Å². The molecule has 3 aromatic carbocycles. The number of fused-ring (bicyclic) bond motifs is 1. The van der Waals surface area contributed by atoms with Crippen LogP contribution in [0.25, 0.3) is 10.9 Å². The number of nitrogens with one attached hydrogen (secondary N) is 3. The quantitative estimate of drug-likeness (QED) is 0.328. The first kappa shape index (κ1) is 25.4. The van der Waals surface area contributed by atoms with Crippen molar-refractivity contribution in [2.24, 2.45) is 0 Å². The van der Waals surface area contributed by atoms with Gasteiger partial charge in [0.05, 0.1) is 11.6 Å². The van der Waals surface area contributed by atoms with Crippen LogP contribution < -0.4 is 20.8 Å². The standard InChI is InChI=1S/C29H27ClN4O4/c30-20-11-12-23-25(17-20)31-18-24(27(23)35)26(19-7-3-1-4-8-19)33-28(36)32-21-13-15-34(16-14-21)29(37)38-22-9-5-2-6-10-22/h1-12,17-18,21,26H,13-16H2,(H,31,35)(H2,32,33,36). The minimum absolute atomic E-state index is 0.121. The maximum absolute atomic E-state index is 13.4. The maximum atomic E-state index is 13.4. The Hall–Kier alpha value is -4.30. The minimum atomic E-state index is -0.666. The molecule has 5 rings (SSSR count). The van der Waals surface area contributed by atoms with E-state index in [0.717, 1.165) is 5.56 Å². The van der Waals surface area contributed by atoms with Crippen molar-refractivity contribution in [2.45, 2.75) is 24.9 Å². The zero-order chi connectivity index (χ0) is 26.5. The molecule has 0 bridgehead atoms. The van der Waals surface area contributed by atoms with Gasteiger partial charge in [-0.2, -0.15) is 0 Å². The highest BCUT2D eigenvalue weighted by Gasteiger charge is 2.27. The number of likely N-dealkylation sites (tertiary alicyclic amines) is 1. The van der Waals surface area contributed by atoms with Gasteiger partial charge in [-0.05, 0) is 48.7 Å². The molecule has 1 aromatic heterocycles. The average Bonchev–Trinajstić information content (AvgIpc) is 2.93. The van der Waals surface area contributed by atoms with Crippen LogP contribution in [-0.2, 0) is 0 Å². The molecule has 3 N–H and O–H groups in total. The second-order valence-corrected chi connectivity index (χ2v) is 9.60. The van der Waals surface area contributed by atoms with E-state index >= 15 is 0 Å². The van der Waals surface area contributed by atoms with Gasteiger partial charge in [0.25, 0.3) is 0 Å². The van der Waals surface area contributed by atoms with E-state index < -0.39 is 12.1 Å². The topological polar surface area (TPSA) is 104 Å². The highest BCUT2D eigenvalue weighted by molar-refractivity contribution is 6.31. The fourth-order valence-corrected chi connectivity index (χ4v) is 4.80. The van der Waals surface area contributed by atoms with E-state index in [1.807, 2.05) is 36.4 Å². The molecular formula is C29H27ClN4O4. The molecule has 2 heterocycles. The summed E-state index contributed by atoms with van der Waals surface area (Å²) in [7, 11) is 0. The third-order valence-corrected chi connectivity index (χ3v) is 6.86. The van der Waals surface area contributed by atoms with Gasteiger partial charge in [0.2, 0.25) is 0 Å². The van der Waals surface area contributed by atoms with Crippen molar-refractivity contribution in [1.82, 2.24) is 20.5 Å². The van der Waals surface area contributed by atoms with E-state index in [-0.39, 0.29) is 17.5 Å². The summed E-state index contributed by atoms with van der Waals surface area (Å²) < 4.78 is 5.42. The lowest BCUT2D eigenvalue weighted by Gasteiger charge is -2.32. The molecule has 0 radical (unpaired) electrons. The number of rotatable bonds is 5. The van der Waals surface area contributed by atoms with E-state index in [0.29, 0.717) is 53.2 Å². The number of hydrogen-bond donors (Lipinski definition) is 3. The number of carbonyl (C=O) groups is 2. The summed E-state index contributed by atoms with van der Waals surface area (Å²) in [6, 6.07) is 22.1. The number of para-hydroxylation sites is 1. The molecule has 9 heteroatoms. The number of nitrogens with zero attached hydrogens (tertiary/aromatic N) is 1. The Morgan fingerprint density at radius 1 is 0.974 bits per heavy atom. The van der Waals surface area contributed by atoms with Crippen LogP contribution in [0, 0.1) is 0 Å². The Bertz CT molecular complexity index is 1490. The second-order valence-electron chi connectivity index (χ2n) is 9.17. The van der Waals surface area contributed by atoms with Gasteiger partial charge in [-0.15, -0.1) is 0 Å². The number of halogens is 1. The van der Waals surface area contributed by atoms with E-state index in [4.69, 9.17) is 16.3 Å². The zero-order valence-corrected chi connectivity index (χ0v) is 21.3. The highest BCUT2D eigenvalue weighted by Crippen LogP contribution is 2.22. The molecule has 0 spiro atoms. The van der Waals surface area contributed by atoms with Crippen LogP contribution in [0.5, 0.6) is 5.75 Å². The fraction of sp³-hybridized carbons (Fsp3) is 0.207. The number of piperidine rings is 1. The molecule has 1 aliphatic rings.